The van der Waals surface area contributed by atoms with Crippen LogP contribution in [0.15, 0.2) is 18.2 Å². The minimum absolute atomic E-state index is 0.378. The molecule has 0 amide bonds. The Balaban J connectivity index is 2.04. The van der Waals surface area contributed by atoms with E-state index < -0.39 is 0 Å². The van der Waals surface area contributed by atoms with E-state index in [2.05, 4.69) is 22.5 Å². The summed E-state index contributed by atoms with van der Waals surface area (Å²) in [5, 5.41) is 0. The minimum atomic E-state index is 0.378. The van der Waals surface area contributed by atoms with Crippen molar-refractivity contribution < 1.29 is 4.74 Å². The summed E-state index contributed by atoms with van der Waals surface area (Å²) in [6.45, 7) is 5.90. The molecule has 19 heavy (non-hydrogen) atoms. The molecule has 4 heteroatoms. The van der Waals surface area contributed by atoms with E-state index >= 15 is 0 Å². The van der Waals surface area contributed by atoms with Crippen molar-refractivity contribution in [3.8, 4) is 5.75 Å². The standard InChI is InChI=1S/C15H21N3O/c1-3-19-12-7-4-6-11-13(12)17-14(16)18(11)10-15(2)8-5-9-15/h4,6-7H,3,5,8-10H2,1-2H3,(H2,16,17). The maximum atomic E-state index is 6.10. The Labute approximate surface area is 113 Å². The normalized spacial score (nSPS) is 17.4. The Bertz CT molecular complexity index is 599. The van der Waals surface area contributed by atoms with Crippen molar-refractivity contribution in [2.75, 3.05) is 12.3 Å². The summed E-state index contributed by atoms with van der Waals surface area (Å²) in [5.74, 6) is 1.42. The number of hydrogen-bond donors (Lipinski definition) is 1. The Morgan fingerprint density at radius 3 is 2.84 bits per heavy atom. The number of nitrogens with zero attached hydrogens (tertiary/aromatic N) is 2. The van der Waals surface area contributed by atoms with E-state index in [1.54, 1.807) is 0 Å². The zero-order valence-corrected chi connectivity index (χ0v) is 11.6. The number of anilines is 1. The maximum Gasteiger partial charge on any atom is 0.201 e. The molecule has 0 unspecified atom stereocenters. The highest BCUT2D eigenvalue weighted by Gasteiger charge is 2.33. The van der Waals surface area contributed by atoms with Gasteiger partial charge >= 0.3 is 0 Å². The van der Waals surface area contributed by atoms with E-state index in [9.17, 15) is 0 Å². The van der Waals surface area contributed by atoms with Gasteiger partial charge in [0.2, 0.25) is 5.95 Å². The fourth-order valence-electron chi connectivity index (χ4n) is 2.90. The van der Waals surface area contributed by atoms with Crippen LogP contribution < -0.4 is 10.5 Å². The molecule has 0 saturated heterocycles. The topological polar surface area (TPSA) is 53.1 Å². The van der Waals surface area contributed by atoms with Gasteiger partial charge in [-0.1, -0.05) is 19.4 Å². The van der Waals surface area contributed by atoms with Crippen LogP contribution in [0.1, 0.15) is 33.1 Å². The zero-order chi connectivity index (χ0) is 13.5. The van der Waals surface area contributed by atoms with E-state index in [0.717, 1.165) is 23.3 Å². The van der Waals surface area contributed by atoms with E-state index in [1.165, 1.54) is 19.3 Å². The number of imidazole rings is 1. The van der Waals surface area contributed by atoms with Gasteiger partial charge in [-0.15, -0.1) is 0 Å². The lowest BCUT2D eigenvalue weighted by Gasteiger charge is -2.38. The number of fused-ring (bicyclic) bond motifs is 1. The first-order valence-corrected chi connectivity index (χ1v) is 7.00. The van der Waals surface area contributed by atoms with Crippen LogP contribution in [0.2, 0.25) is 0 Å². The number of ether oxygens (including phenoxy) is 1. The molecule has 2 aromatic rings. The summed E-state index contributed by atoms with van der Waals surface area (Å²) in [6.07, 6.45) is 3.88. The number of benzene rings is 1. The molecule has 4 nitrogen and oxygen atoms in total. The molecule has 3 rings (SSSR count). The number of hydrogen-bond acceptors (Lipinski definition) is 3. The summed E-state index contributed by atoms with van der Waals surface area (Å²) >= 11 is 0. The van der Waals surface area contributed by atoms with Gasteiger partial charge in [0.05, 0.1) is 12.1 Å². The van der Waals surface area contributed by atoms with Gasteiger partial charge in [0.25, 0.3) is 0 Å². The van der Waals surface area contributed by atoms with E-state index in [4.69, 9.17) is 10.5 Å². The van der Waals surface area contributed by atoms with Crippen molar-refractivity contribution in [2.24, 2.45) is 5.41 Å². The highest BCUT2D eigenvalue weighted by molar-refractivity contribution is 5.84. The highest BCUT2D eigenvalue weighted by Crippen LogP contribution is 2.43. The Morgan fingerprint density at radius 2 is 2.21 bits per heavy atom. The molecule has 1 aromatic heterocycles. The summed E-state index contributed by atoms with van der Waals surface area (Å²) in [4.78, 5) is 4.49. The molecule has 1 aliphatic carbocycles. The summed E-state index contributed by atoms with van der Waals surface area (Å²) in [5.41, 5.74) is 8.44. The molecule has 0 spiro atoms. The Morgan fingerprint density at radius 1 is 1.42 bits per heavy atom. The third kappa shape index (κ3) is 2.05. The predicted molar refractivity (Wildman–Crippen MR) is 77.3 cm³/mol. The van der Waals surface area contributed by atoms with Crippen LogP contribution in [0.25, 0.3) is 11.0 Å². The number of rotatable bonds is 4. The molecule has 102 valence electrons. The predicted octanol–water partition coefficient (Wildman–Crippen LogP) is 3.21. The number of nitrogen functional groups attached to an aromatic ring is 1. The Kier molecular flexibility index (Phi) is 2.88. The molecule has 0 atom stereocenters. The largest absolute Gasteiger partial charge is 0.492 e. The smallest absolute Gasteiger partial charge is 0.201 e. The third-order valence-corrected chi connectivity index (χ3v) is 4.17. The second-order valence-corrected chi connectivity index (χ2v) is 5.78. The lowest BCUT2D eigenvalue weighted by Crippen LogP contribution is -2.31. The number of para-hydroxylation sites is 1. The van der Waals surface area contributed by atoms with Crippen molar-refractivity contribution in [1.82, 2.24) is 9.55 Å². The van der Waals surface area contributed by atoms with Crippen LogP contribution >= 0.6 is 0 Å². The molecule has 2 N–H and O–H groups in total. The van der Waals surface area contributed by atoms with Crippen molar-refractivity contribution in [1.29, 1.82) is 0 Å². The maximum absolute atomic E-state index is 6.10. The second-order valence-electron chi connectivity index (χ2n) is 5.78. The minimum Gasteiger partial charge on any atom is -0.492 e. The number of aromatic nitrogens is 2. The van der Waals surface area contributed by atoms with Crippen LogP contribution in [0.3, 0.4) is 0 Å². The third-order valence-electron chi connectivity index (χ3n) is 4.17. The van der Waals surface area contributed by atoms with E-state index in [0.29, 0.717) is 18.0 Å². The molecule has 1 aliphatic rings. The average Bonchev–Trinajstić information content (AvgIpc) is 2.66. The van der Waals surface area contributed by atoms with E-state index in [-0.39, 0.29) is 0 Å². The van der Waals surface area contributed by atoms with Gasteiger partial charge in [-0.05, 0) is 37.3 Å². The van der Waals surface area contributed by atoms with Crippen molar-refractivity contribution >= 4 is 17.0 Å². The Hall–Kier alpha value is -1.71. The van der Waals surface area contributed by atoms with E-state index in [1.807, 2.05) is 19.1 Å². The van der Waals surface area contributed by atoms with Crippen LogP contribution in [-0.4, -0.2) is 16.2 Å². The molecule has 0 aliphatic heterocycles. The molecule has 1 fully saturated rings. The summed E-state index contributed by atoms with van der Waals surface area (Å²) in [6, 6.07) is 6.03. The fourth-order valence-corrected chi connectivity index (χ4v) is 2.90. The van der Waals surface area contributed by atoms with Gasteiger partial charge in [0.1, 0.15) is 11.3 Å². The first kappa shape index (κ1) is 12.3. The average molecular weight is 259 g/mol. The van der Waals surface area contributed by atoms with Gasteiger partial charge in [0.15, 0.2) is 0 Å². The van der Waals surface area contributed by atoms with Gasteiger partial charge in [-0.3, -0.25) is 0 Å². The van der Waals surface area contributed by atoms with Gasteiger partial charge in [-0.25, -0.2) is 4.98 Å². The molecule has 0 bridgehead atoms. The fraction of sp³-hybridized carbons (Fsp3) is 0.533. The molecule has 1 aromatic carbocycles. The zero-order valence-electron chi connectivity index (χ0n) is 11.6. The van der Waals surface area contributed by atoms with Gasteiger partial charge in [-0.2, -0.15) is 0 Å². The van der Waals surface area contributed by atoms with Crippen LogP contribution in [-0.2, 0) is 6.54 Å². The lowest BCUT2D eigenvalue weighted by molar-refractivity contribution is 0.135. The monoisotopic (exact) mass is 259 g/mol. The van der Waals surface area contributed by atoms with Crippen molar-refractivity contribution in [3.05, 3.63) is 18.2 Å². The summed E-state index contributed by atoms with van der Waals surface area (Å²) in [7, 11) is 0. The van der Waals surface area contributed by atoms with Crippen molar-refractivity contribution in [3.63, 3.8) is 0 Å². The summed E-state index contributed by atoms with van der Waals surface area (Å²) < 4.78 is 7.76. The molecule has 1 saturated carbocycles. The first-order chi connectivity index (χ1) is 9.13. The van der Waals surface area contributed by atoms with Gasteiger partial charge < -0.3 is 15.0 Å². The molecule has 1 heterocycles. The van der Waals surface area contributed by atoms with Crippen LogP contribution in [0, 0.1) is 5.41 Å². The number of nitrogens with two attached hydrogens (primary N) is 1. The SMILES string of the molecule is CCOc1cccc2c1nc(N)n2CC1(C)CCC1. The molecular weight excluding hydrogens is 238 g/mol. The van der Waals surface area contributed by atoms with Crippen LogP contribution in [0.4, 0.5) is 5.95 Å². The lowest BCUT2D eigenvalue weighted by atomic mass is 9.70. The van der Waals surface area contributed by atoms with Crippen molar-refractivity contribution in [2.45, 2.75) is 39.7 Å². The quantitative estimate of drug-likeness (QED) is 0.917. The molecule has 0 radical (unpaired) electrons. The first-order valence-electron chi connectivity index (χ1n) is 7.00. The van der Waals surface area contributed by atoms with Gasteiger partial charge in [0, 0.05) is 6.54 Å². The molecular formula is C15H21N3O. The second kappa shape index (κ2) is 4.44. The van der Waals surface area contributed by atoms with Crippen LogP contribution in [0.5, 0.6) is 5.75 Å². The highest BCUT2D eigenvalue weighted by atomic mass is 16.5.